The highest BCUT2D eigenvalue weighted by atomic mass is 35.5. The van der Waals surface area contributed by atoms with E-state index in [9.17, 15) is 0 Å². The summed E-state index contributed by atoms with van der Waals surface area (Å²) >= 11 is 5.88. The van der Waals surface area contributed by atoms with Crippen LogP contribution in [0.5, 0.6) is 0 Å². The Labute approximate surface area is 114 Å². The third-order valence-electron chi connectivity index (χ3n) is 3.59. The van der Waals surface area contributed by atoms with Crippen molar-refractivity contribution in [3.63, 3.8) is 0 Å². The second-order valence-corrected chi connectivity index (χ2v) is 5.42. The Morgan fingerprint density at radius 1 is 1.28 bits per heavy atom. The van der Waals surface area contributed by atoms with Gasteiger partial charge >= 0.3 is 0 Å². The molecule has 0 aromatic heterocycles. The number of hydrogen-bond donors (Lipinski definition) is 2. The Balaban J connectivity index is 1.86. The minimum Gasteiger partial charge on any atom is -0.381 e. The van der Waals surface area contributed by atoms with E-state index >= 15 is 0 Å². The number of hydrogen-bond acceptors (Lipinski definition) is 3. The lowest BCUT2D eigenvalue weighted by atomic mass is 9.90. The lowest BCUT2D eigenvalue weighted by molar-refractivity contribution is 0.0605. The van der Waals surface area contributed by atoms with Crippen molar-refractivity contribution in [2.45, 2.75) is 31.7 Å². The summed E-state index contributed by atoms with van der Waals surface area (Å²) in [4.78, 5) is 0. The zero-order valence-corrected chi connectivity index (χ0v) is 11.3. The topological polar surface area (TPSA) is 47.3 Å². The fourth-order valence-electron chi connectivity index (χ4n) is 2.50. The van der Waals surface area contributed by atoms with Crippen molar-refractivity contribution in [1.82, 2.24) is 5.43 Å². The Hall–Kier alpha value is -0.610. The van der Waals surface area contributed by atoms with E-state index in [0.29, 0.717) is 6.04 Å². The Bertz CT molecular complexity index is 349. The van der Waals surface area contributed by atoms with Gasteiger partial charge in [-0.1, -0.05) is 23.7 Å². The standard InChI is InChI=1S/C14H21ClN2O/c15-13-3-1-11(2-4-13)9-14(17-16)10-12-5-7-18-8-6-12/h1-4,12,14,17H,5-10,16H2. The number of ether oxygens (including phenoxy) is 1. The molecule has 0 bridgehead atoms. The van der Waals surface area contributed by atoms with E-state index in [1.165, 1.54) is 5.56 Å². The largest absolute Gasteiger partial charge is 0.381 e. The monoisotopic (exact) mass is 268 g/mol. The van der Waals surface area contributed by atoms with Crippen molar-refractivity contribution in [3.8, 4) is 0 Å². The summed E-state index contributed by atoms with van der Waals surface area (Å²) in [5.74, 6) is 6.39. The molecule has 1 aromatic carbocycles. The van der Waals surface area contributed by atoms with E-state index in [1.807, 2.05) is 12.1 Å². The second-order valence-electron chi connectivity index (χ2n) is 4.99. The third-order valence-corrected chi connectivity index (χ3v) is 3.84. The molecule has 1 heterocycles. The van der Waals surface area contributed by atoms with E-state index in [-0.39, 0.29) is 0 Å². The maximum absolute atomic E-state index is 5.88. The van der Waals surface area contributed by atoms with Crippen molar-refractivity contribution >= 4 is 11.6 Å². The average molecular weight is 269 g/mol. The summed E-state index contributed by atoms with van der Waals surface area (Å²) in [6.45, 7) is 1.78. The molecule has 1 unspecified atom stereocenters. The van der Waals surface area contributed by atoms with Gasteiger partial charge in [0, 0.05) is 24.3 Å². The van der Waals surface area contributed by atoms with Crippen LogP contribution in [0.2, 0.25) is 5.02 Å². The Morgan fingerprint density at radius 3 is 2.56 bits per heavy atom. The van der Waals surface area contributed by atoms with Crippen LogP contribution in [0.4, 0.5) is 0 Å². The number of benzene rings is 1. The van der Waals surface area contributed by atoms with E-state index in [1.54, 1.807) is 0 Å². The van der Waals surface area contributed by atoms with Crippen LogP contribution in [0.15, 0.2) is 24.3 Å². The minimum absolute atomic E-state index is 0.328. The predicted molar refractivity (Wildman–Crippen MR) is 74.4 cm³/mol. The molecule has 0 saturated carbocycles. The fourth-order valence-corrected chi connectivity index (χ4v) is 2.63. The molecule has 3 N–H and O–H groups in total. The average Bonchev–Trinajstić information content (AvgIpc) is 2.41. The molecule has 0 amide bonds. The fraction of sp³-hybridized carbons (Fsp3) is 0.571. The Kier molecular flexibility index (Phi) is 5.45. The first kappa shape index (κ1) is 13.8. The maximum Gasteiger partial charge on any atom is 0.0468 e. The van der Waals surface area contributed by atoms with Gasteiger partial charge in [-0.25, -0.2) is 0 Å². The van der Waals surface area contributed by atoms with E-state index in [2.05, 4.69) is 17.6 Å². The van der Waals surface area contributed by atoms with Crippen LogP contribution in [0.3, 0.4) is 0 Å². The highest BCUT2D eigenvalue weighted by molar-refractivity contribution is 6.30. The lowest BCUT2D eigenvalue weighted by Gasteiger charge is -2.26. The molecule has 1 aromatic rings. The number of nitrogens with two attached hydrogens (primary N) is 1. The molecule has 100 valence electrons. The van der Waals surface area contributed by atoms with E-state index < -0.39 is 0 Å². The normalized spacial score (nSPS) is 18.8. The summed E-state index contributed by atoms with van der Waals surface area (Å²) in [6, 6.07) is 8.32. The third kappa shape index (κ3) is 4.25. The first-order chi connectivity index (χ1) is 8.78. The molecule has 1 atom stereocenters. The van der Waals surface area contributed by atoms with Crippen molar-refractivity contribution in [2.24, 2.45) is 11.8 Å². The van der Waals surface area contributed by atoms with Crippen LogP contribution in [-0.2, 0) is 11.2 Å². The first-order valence-corrected chi connectivity index (χ1v) is 6.94. The van der Waals surface area contributed by atoms with Crippen molar-refractivity contribution in [1.29, 1.82) is 0 Å². The highest BCUT2D eigenvalue weighted by Crippen LogP contribution is 2.21. The molecule has 1 fully saturated rings. The summed E-state index contributed by atoms with van der Waals surface area (Å²) in [5.41, 5.74) is 4.21. The molecule has 1 saturated heterocycles. The molecular formula is C14H21ClN2O. The lowest BCUT2D eigenvalue weighted by Crippen LogP contribution is -2.39. The first-order valence-electron chi connectivity index (χ1n) is 6.56. The van der Waals surface area contributed by atoms with Gasteiger partial charge in [0.05, 0.1) is 0 Å². The molecule has 0 radical (unpaired) electrons. The van der Waals surface area contributed by atoms with Crippen molar-refractivity contribution in [2.75, 3.05) is 13.2 Å². The zero-order valence-electron chi connectivity index (χ0n) is 10.6. The molecule has 3 nitrogen and oxygen atoms in total. The van der Waals surface area contributed by atoms with Crippen LogP contribution in [0, 0.1) is 5.92 Å². The molecule has 0 spiro atoms. The molecule has 0 aliphatic carbocycles. The Morgan fingerprint density at radius 2 is 1.94 bits per heavy atom. The molecule has 2 rings (SSSR count). The summed E-state index contributed by atoms with van der Waals surface area (Å²) in [5, 5.41) is 0.778. The number of rotatable bonds is 5. The molecular weight excluding hydrogens is 248 g/mol. The van der Waals surface area contributed by atoms with Crippen LogP contribution >= 0.6 is 11.6 Å². The number of hydrazine groups is 1. The van der Waals surface area contributed by atoms with Gasteiger partial charge in [0.25, 0.3) is 0 Å². The van der Waals surface area contributed by atoms with E-state index in [4.69, 9.17) is 22.2 Å². The van der Waals surface area contributed by atoms with Crippen LogP contribution in [0.25, 0.3) is 0 Å². The minimum atomic E-state index is 0.328. The smallest absolute Gasteiger partial charge is 0.0468 e. The van der Waals surface area contributed by atoms with Gasteiger partial charge in [0.15, 0.2) is 0 Å². The highest BCUT2D eigenvalue weighted by Gasteiger charge is 2.18. The van der Waals surface area contributed by atoms with Gasteiger partial charge in [-0.05, 0) is 49.3 Å². The maximum atomic E-state index is 5.88. The number of nitrogens with one attached hydrogen (secondary N) is 1. The quantitative estimate of drug-likeness (QED) is 0.637. The van der Waals surface area contributed by atoms with Gasteiger partial charge in [-0.2, -0.15) is 0 Å². The van der Waals surface area contributed by atoms with E-state index in [0.717, 1.165) is 49.8 Å². The summed E-state index contributed by atoms with van der Waals surface area (Å²) in [6.07, 6.45) is 4.37. The van der Waals surface area contributed by atoms with Crippen LogP contribution < -0.4 is 11.3 Å². The molecule has 1 aliphatic rings. The second kappa shape index (κ2) is 7.10. The van der Waals surface area contributed by atoms with Gasteiger partial charge in [0.1, 0.15) is 0 Å². The SMILES string of the molecule is NNC(Cc1ccc(Cl)cc1)CC1CCOCC1. The molecule has 4 heteroatoms. The summed E-state index contributed by atoms with van der Waals surface area (Å²) < 4.78 is 5.38. The van der Waals surface area contributed by atoms with Crippen LogP contribution in [-0.4, -0.2) is 19.3 Å². The van der Waals surface area contributed by atoms with Gasteiger partial charge in [-0.15, -0.1) is 0 Å². The predicted octanol–water partition coefficient (Wildman–Crippen LogP) is 2.53. The molecule has 1 aliphatic heterocycles. The van der Waals surface area contributed by atoms with Crippen molar-refractivity contribution in [3.05, 3.63) is 34.9 Å². The number of halogens is 1. The van der Waals surface area contributed by atoms with Crippen LogP contribution in [0.1, 0.15) is 24.8 Å². The summed E-state index contributed by atoms with van der Waals surface area (Å²) in [7, 11) is 0. The zero-order chi connectivity index (χ0) is 12.8. The molecule has 18 heavy (non-hydrogen) atoms. The van der Waals surface area contributed by atoms with Gasteiger partial charge in [0.2, 0.25) is 0 Å². The van der Waals surface area contributed by atoms with Gasteiger partial charge < -0.3 is 4.74 Å². The van der Waals surface area contributed by atoms with Gasteiger partial charge in [-0.3, -0.25) is 11.3 Å². The van der Waals surface area contributed by atoms with Crippen molar-refractivity contribution < 1.29 is 4.74 Å².